The molecule has 0 aliphatic heterocycles. The molecule has 0 aliphatic rings. The van der Waals surface area contributed by atoms with E-state index >= 15 is 0 Å². The SMILES string of the molecule is CCC[CH2][Sn]([C]#CCO[SiH3])([CH2]CCC)[CH2]CCC. The summed E-state index contributed by atoms with van der Waals surface area (Å²) in [6.07, 6.45) is 8.20. The fourth-order valence-electron chi connectivity index (χ4n) is 2.40. The van der Waals surface area contributed by atoms with Crippen LogP contribution in [0.3, 0.4) is 0 Å². The Hall–Kier alpha value is 0.536. The second-order valence-electron chi connectivity index (χ2n) is 5.33. The Morgan fingerprint density at radius 3 is 1.67 bits per heavy atom. The standard InChI is InChI=1S/3C4H9.C3H5OSi.Sn/c3*1-3-4-2;1-2-3-4-5;/h3*1,3-4H2,2H3;3H2,5H3;. The number of rotatable bonds is 10. The van der Waals surface area contributed by atoms with E-state index in [4.69, 9.17) is 4.43 Å². The Balaban J connectivity index is 4.69. The van der Waals surface area contributed by atoms with Crippen molar-refractivity contribution in [3.8, 4) is 9.86 Å². The van der Waals surface area contributed by atoms with Gasteiger partial charge in [0.25, 0.3) is 0 Å². The van der Waals surface area contributed by atoms with E-state index in [1.54, 1.807) is 0 Å². The summed E-state index contributed by atoms with van der Waals surface area (Å²) in [6, 6.07) is 0. The quantitative estimate of drug-likeness (QED) is 0.418. The minimum atomic E-state index is -2.14. The van der Waals surface area contributed by atoms with Gasteiger partial charge in [-0.1, -0.05) is 0 Å². The van der Waals surface area contributed by atoms with Gasteiger partial charge in [-0.25, -0.2) is 0 Å². The number of unbranched alkanes of at least 4 members (excludes halogenated alkanes) is 3. The minimum absolute atomic E-state index is 0.690. The van der Waals surface area contributed by atoms with E-state index < -0.39 is 18.4 Å². The third-order valence-electron chi connectivity index (χ3n) is 3.60. The van der Waals surface area contributed by atoms with E-state index in [0.29, 0.717) is 6.61 Å². The van der Waals surface area contributed by atoms with Gasteiger partial charge in [-0.3, -0.25) is 0 Å². The van der Waals surface area contributed by atoms with Crippen LogP contribution < -0.4 is 0 Å². The van der Waals surface area contributed by atoms with E-state index in [1.807, 2.05) is 0 Å². The molecule has 3 heteroatoms. The van der Waals surface area contributed by atoms with Crippen LogP contribution in [0.1, 0.15) is 59.3 Å². The molecule has 0 aromatic rings. The van der Waals surface area contributed by atoms with Crippen molar-refractivity contribution in [1.29, 1.82) is 0 Å². The van der Waals surface area contributed by atoms with E-state index in [2.05, 4.69) is 30.6 Å². The summed E-state index contributed by atoms with van der Waals surface area (Å²) in [5, 5.41) is 0. The predicted molar refractivity (Wildman–Crippen MR) is 88.6 cm³/mol. The van der Waals surface area contributed by atoms with Crippen molar-refractivity contribution in [3.05, 3.63) is 0 Å². The molecule has 0 aromatic carbocycles. The van der Waals surface area contributed by atoms with E-state index in [9.17, 15) is 0 Å². The Morgan fingerprint density at radius 2 is 1.33 bits per heavy atom. The molecule has 0 bridgehead atoms. The molecule has 0 unspecified atom stereocenters. The monoisotopic (exact) mass is 376 g/mol. The Kier molecular flexibility index (Phi) is 12.9. The van der Waals surface area contributed by atoms with Crippen LogP contribution in [0.15, 0.2) is 0 Å². The zero-order chi connectivity index (χ0) is 13.7. The van der Waals surface area contributed by atoms with Crippen LogP contribution in [0.4, 0.5) is 0 Å². The second-order valence-corrected chi connectivity index (χ2v) is 18.2. The summed E-state index contributed by atoms with van der Waals surface area (Å²) in [5.74, 6) is 3.36. The van der Waals surface area contributed by atoms with Crippen LogP contribution in [0.5, 0.6) is 0 Å². The molecule has 0 radical (unpaired) electrons. The van der Waals surface area contributed by atoms with Gasteiger partial charge in [0, 0.05) is 0 Å². The third-order valence-corrected chi connectivity index (χ3v) is 17.1. The van der Waals surface area contributed by atoms with E-state index in [-0.39, 0.29) is 0 Å². The van der Waals surface area contributed by atoms with Crippen LogP contribution in [0.25, 0.3) is 0 Å². The van der Waals surface area contributed by atoms with Gasteiger partial charge in [0.2, 0.25) is 0 Å². The fourth-order valence-corrected chi connectivity index (χ4v) is 15.9. The molecular formula is C15H32OSiSn. The maximum absolute atomic E-state index is 5.25. The van der Waals surface area contributed by atoms with Crippen molar-refractivity contribution in [3.63, 3.8) is 0 Å². The molecule has 0 heterocycles. The molecule has 18 heavy (non-hydrogen) atoms. The maximum atomic E-state index is 5.25. The summed E-state index contributed by atoms with van der Waals surface area (Å²) >= 11 is -2.14. The van der Waals surface area contributed by atoms with Crippen molar-refractivity contribution in [1.82, 2.24) is 0 Å². The third kappa shape index (κ3) is 8.61. The van der Waals surface area contributed by atoms with Gasteiger partial charge in [0.15, 0.2) is 0 Å². The van der Waals surface area contributed by atoms with Crippen molar-refractivity contribution < 1.29 is 4.43 Å². The molecule has 0 fully saturated rings. The molecule has 1 nitrogen and oxygen atoms in total. The molecule has 0 spiro atoms. The van der Waals surface area contributed by atoms with Crippen LogP contribution >= 0.6 is 0 Å². The molecule has 0 atom stereocenters. The van der Waals surface area contributed by atoms with Gasteiger partial charge in [0.1, 0.15) is 0 Å². The summed E-state index contributed by atoms with van der Waals surface area (Å²) in [7, 11) is 0.820. The normalized spacial score (nSPS) is 11.3. The van der Waals surface area contributed by atoms with Crippen molar-refractivity contribution in [2.45, 2.75) is 72.6 Å². The van der Waals surface area contributed by atoms with E-state index in [1.165, 1.54) is 51.8 Å². The Labute approximate surface area is 122 Å². The number of hydrogen-bond donors (Lipinski definition) is 0. The predicted octanol–water partition coefficient (Wildman–Crippen LogP) is 3.68. The molecule has 0 saturated heterocycles. The zero-order valence-corrected chi connectivity index (χ0v) is 17.8. The summed E-state index contributed by atoms with van der Waals surface area (Å²) < 4.78 is 13.5. The molecule has 0 aliphatic carbocycles. The van der Waals surface area contributed by atoms with Crippen LogP contribution in [-0.2, 0) is 4.43 Å². The fraction of sp³-hybridized carbons (Fsp3) is 0.867. The molecule has 0 aromatic heterocycles. The van der Waals surface area contributed by atoms with Crippen LogP contribution in [-0.4, -0.2) is 35.5 Å². The van der Waals surface area contributed by atoms with Crippen LogP contribution in [0, 0.1) is 9.86 Å². The first kappa shape index (κ1) is 18.5. The van der Waals surface area contributed by atoms with Crippen molar-refractivity contribution in [2.75, 3.05) is 6.61 Å². The Bertz CT molecular complexity index is 223. The van der Waals surface area contributed by atoms with Crippen molar-refractivity contribution >= 4 is 28.9 Å². The van der Waals surface area contributed by atoms with Crippen LogP contribution in [0.2, 0.25) is 13.3 Å². The molecule has 0 N–H and O–H groups in total. The number of hydrogen-bond acceptors (Lipinski definition) is 1. The van der Waals surface area contributed by atoms with Gasteiger partial charge in [0.05, 0.1) is 0 Å². The summed E-state index contributed by atoms with van der Waals surface area (Å²) in [5.41, 5.74) is 0. The van der Waals surface area contributed by atoms with Gasteiger partial charge < -0.3 is 0 Å². The average molecular weight is 375 g/mol. The molecule has 106 valence electrons. The van der Waals surface area contributed by atoms with Gasteiger partial charge in [-0.15, -0.1) is 0 Å². The summed E-state index contributed by atoms with van der Waals surface area (Å²) in [4.78, 5) is 0. The first-order chi connectivity index (χ1) is 8.74. The molecule has 0 amide bonds. The van der Waals surface area contributed by atoms with E-state index in [0.717, 1.165) is 10.5 Å². The molecule has 0 rings (SSSR count). The average Bonchev–Trinajstić information content (AvgIpc) is 2.40. The van der Waals surface area contributed by atoms with Crippen molar-refractivity contribution in [2.24, 2.45) is 0 Å². The van der Waals surface area contributed by atoms with Gasteiger partial charge in [-0.2, -0.15) is 0 Å². The first-order valence-corrected chi connectivity index (χ1v) is 16.0. The summed E-state index contributed by atoms with van der Waals surface area (Å²) in [6.45, 7) is 7.62. The first-order valence-electron chi connectivity index (χ1n) is 7.73. The van der Waals surface area contributed by atoms with Gasteiger partial charge >= 0.3 is 122 Å². The van der Waals surface area contributed by atoms with Gasteiger partial charge in [-0.05, 0) is 0 Å². The Morgan fingerprint density at radius 1 is 0.889 bits per heavy atom. The topological polar surface area (TPSA) is 9.23 Å². The zero-order valence-electron chi connectivity index (χ0n) is 13.0. The second kappa shape index (κ2) is 12.6. The molecular weight excluding hydrogens is 343 g/mol. The molecule has 0 saturated carbocycles.